The normalized spacial score (nSPS) is 21.1. The van der Waals surface area contributed by atoms with Gasteiger partial charge in [0.1, 0.15) is 5.82 Å². The first kappa shape index (κ1) is 14.2. The number of nitrogens with zero attached hydrogens (tertiary/aromatic N) is 1. The Kier molecular flexibility index (Phi) is 4.04. The molecule has 1 atom stereocenters. The highest BCUT2D eigenvalue weighted by Crippen LogP contribution is 2.30. The minimum atomic E-state index is -0.302. The van der Waals surface area contributed by atoms with Gasteiger partial charge in [0, 0.05) is 12.1 Å². The van der Waals surface area contributed by atoms with Crippen LogP contribution in [0.4, 0.5) is 4.39 Å². The van der Waals surface area contributed by atoms with Gasteiger partial charge >= 0.3 is 0 Å². The molecule has 0 bridgehead atoms. The van der Waals surface area contributed by atoms with Crippen LogP contribution in [0.2, 0.25) is 0 Å². The molecule has 1 aliphatic heterocycles. The Morgan fingerprint density at radius 3 is 2.53 bits per heavy atom. The van der Waals surface area contributed by atoms with Gasteiger partial charge in [-0.3, -0.25) is 9.69 Å². The van der Waals surface area contributed by atoms with Crippen LogP contribution >= 0.6 is 0 Å². The Hall–Kier alpha value is -1.22. The van der Waals surface area contributed by atoms with Crippen molar-refractivity contribution in [3.8, 4) is 0 Å². The summed E-state index contributed by atoms with van der Waals surface area (Å²) in [7, 11) is 0. The number of hydrogen-bond acceptors (Lipinski definition) is 2. The summed E-state index contributed by atoms with van der Waals surface area (Å²) in [4.78, 5) is 14.6. The molecule has 0 saturated carbocycles. The SMILES string of the molecule is CC(C(=O)c1ccc(F)cc1)N1CCCC(C)(C)C1. The van der Waals surface area contributed by atoms with Gasteiger partial charge in [-0.25, -0.2) is 4.39 Å². The van der Waals surface area contributed by atoms with E-state index < -0.39 is 0 Å². The molecule has 0 aliphatic carbocycles. The van der Waals surface area contributed by atoms with E-state index in [4.69, 9.17) is 0 Å². The van der Waals surface area contributed by atoms with Crippen LogP contribution in [0, 0.1) is 11.2 Å². The molecule has 0 aromatic heterocycles. The summed E-state index contributed by atoms with van der Waals surface area (Å²) in [6.07, 6.45) is 2.34. The molecule has 3 heteroatoms. The molecule has 2 rings (SSSR count). The Labute approximate surface area is 114 Å². The maximum Gasteiger partial charge on any atom is 0.179 e. The van der Waals surface area contributed by atoms with Gasteiger partial charge in [-0.15, -0.1) is 0 Å². The molecule has 0 spiro atoms. The van der Waals surface area contributed by atoms with Crippen LogP contribution in [0.1, 0.15) is 44.0 Å². The molecule has 1 aliphatic rings. The molecule has 104 valence electrons. The standard InChI is InChI=1S/C16H22FNO/c1-12(18-10-4-9-16(2,3)11-18)15(19)13-5-7-14(17)8-6-13/h5-8,12H,4,9-11H2,1-3H3. The van der Waals surface area contributed by atoms with Crippen LogP contribution in [-0.4, -0.2) is 29.8 Å². The van der Waals surface area contributed by atoms with Gasteiger partial charge in [-0.05, 0) is 56.0 Å². The number of ketones is 1. The molecule has 1 fully saturated rings. The third kappa shape index (κ3) is 3.41. The predicted molar refractivity (Wildman–Crippen MR) is 74.8 cm³/mol. The molecular formula is C16H22FNO. The Bertz CT molecular complexity index is 452. The topological polar surface area (TPSA) is 20.3 Å². The van der Waals surface area contributed by atoms with E-state index in [2.05, 4.69) is 18.7 Å². The summed E-state index contributed by atoms with van der Waals surface area (Å²) in [5, 5.41) is 0. The maximum atomic E-state index is 12.9. The van der Waals surface area contributed by atoms with Gasteiger partial charge in [-0.2, -0.15) is 0 Å². The van der Waals surface area contributed by atoms with Crippen LogP contribution in [0.25, 0.3) is 0 Å². The van der Waals surface area contributed by atoms with Crippen molar-refractivity contribution in [2.75, 3.05) is 13.1 Å². The van der Waals surface area contributed by atoms with E-state index in [9.17, 15) is 9.18 Å². The first-order chi connectivity index (χ1) is 8.89. The summed E-state index contributed by atoms with van der Waals surface area (Å²) < 4.78 is 12.9. The van der Waals surface area contributed by atoms with E-state index in [0.717, 1.165) is 19.5 Å². The fraction of sp³-hybridized carbons (Fsp3) is 0.562. The van der Waals surface area contributed by atoms with Crippen molar-refractivity contribution in [2.45, 2.75) is 39.7 Å². The fourth-order valence-electron chi connectivity index (χ4n) is 2.82. The van der Waals surface area contributed by atoms with E-state index in [0.29, 0.717) is 5.56 Å². The summed E-state index contributed by atoms with van der Waals surface area (Å²) >= 11 is 0. The van der Waals surface area contributed by atoms with Crippen LogP contribution in [-0.2, 0) is 0 Å². The van der Waals surface area contributed by atoms with Crippen molar-refractivity contribution >= 4 is 5.78 Å². The summed E-state index contributed by atoms with van der Waals surface area (Å²) in [6, 6.07) is 5.71. The number of piperidine rings is 1. The highest BCUT2D eigenvalue weighted by atomic mass is 19.1. The lowest BCUT2D eigenvalue weighted by Crippen LogP contribution is -2.47. The van der Waals surface area contributed by atoms with E-state index >= 15 is 0 Å². The zero-order chi connectivity index (χ0) is 14.0. The molecule has 19 heavy (non-hydrogen) atoms. The molecule has 0 amide bonds. The van der Waals surface area contributed by atoms with Crippen molar-refractivity contribution < 1.29 is 9.18 Å². The lowest BCUT2D eigenvalue weighted by molar-refractivity contribution is 0.0626. The van der Waals surface area contributed by atoms with Crippen molar-refractivity contribution in [1.29, 1.82) is 0 Å². The maximum absolute atomic E-state index is 12.9. The number of likely N-dealkylation sites (tertiary alicyclic amines) is 1. The summed E-state index contributed by atoms with van der Waals surface area (Å²) in [5.74, 6) is -0.221. The lowest BCUT2D eigenvalue weighted by atomic mass is 9.83. The highest BCUT2D eigenvalue weighted by Gasteiger charge is 2.31. The quantitative estimate of drug-likeness (QED) is 0.778. The molecule has 1 aromatic carbocycles. The number of halogens is 1. The van der Waals surface area contributed by atoms with Crippen molar-refractivity contribution in [2.24, 2.45) is 5.41 Å². The fourth-order valence-corrected chi connectivity index (χ4v) is 2.82. The summed E-state index contributed by atoms with van der Waals surface area (Å²) in [6.45, 7) is 8.36. The first-order valence-corrected chi connectivity index (χ1v) is 6.93. The first-order valence-electron chi connectivity index (χ1n) is 6.93. The number of carbonyl (C=O) groups is 1. The second-order valence-corrected chi connectivity index (χ2v) is 6.29. The van der Waals surface area contributed by atoms with E-state index in [-0.39, 0.29) is 23.1 Å². The van der Waals surface area contributed by atoms with Crippen LogP contribution in [0.5, 0.6) is 0 Å². The van der Waals surface area contributed by atoms with E-state index in [1.54, 1.807) is 12.1 Å². The molecule has 1 aromatic rings. The third-order valence-electron chi connectivity index (χ3n) is 3.99. The van der Waals surface area contributed by atoms with Crippen LogP contribution in [0.15, 0.2) is 24.3 Å². The second-order valence-electron chi connectivity index (χ2n) is 6.29. The Morgan fingerprint density at radius 2 is 1.95 bits per heavy atom. The van der Waals surface area contributed by atoms with E-state index in [1.165, 1.54) is 18.6 Å². The molecule has 1 saturated heterocycles. The summed E-state index contributed by atoms with van der Waals surface area (Å²) in [5.41, 5.74) is 0.868. The zero-order valence-corrected chi connectivity index (χ0v) is 11.9. The number of carbonyl (C=O) groups excluding carboxylic acids is 1. The number of hydrogen-bond donors (Lipinski definition) is 0. The molecule has 1 heterocycles. The number of Topliss-reactive ketones (excluding diaryl/α,β-unsaturated/α-hetero) is 1. The van der Waals surface area contributed by atoms with Crippen molar-refractivity contribution in [3.63, 3.8) is 0 Å². The molecule has 0 radical (unpaired) electrons. The molecule has 2 nitrogen and oxygen atoms in total. The van der Waals surface area contributed by atoms with Gasteiger partial charge in [0.2, 0.25) is 0 Å². The monoisotopic (exact) mass is 263 g/mol. The van der Waals surface area contributed by atoms with Crippen molar-refractivity contribution in [1.82, 2.24) is 4.90 Å². The largest absolute Gasteiger partial charge is 0.293 e. The minimum absolute atomic E-state index is 0.0812. The Morgan fingerprint density at radius 1 is 1.32 bits per heavy atom. The lowest BCUT2D eigenvalue weighted by Gasteiger charge is -2.40. The predicted octanol–water partition coefficient (Wildman–Crippen LogP) is 3.52. The molecular weight excluding hydrogens is 241 g/mol. The van der Waals surface area contributed by atoms with Gasteiger partial charge in [0.05, 0.1) is 6.04 Å². The zero-order valence-electron chi connectivity index (χ0n) is 11.9. The van der Waals surface area contributed by atoms with Crippen LogP contribution < -0.4 is 0 Å². The van der Waals surface area contributed by atoms with Crippen molar-refractivity contribution in [3.05, 3.63) is 35.6 Å². The minimum Gasteiger partial charge on any atom is -0.293 e. The van der Waals surface area contributed by atoms with Gasteiger partial charge in [0.25, 0.3) is 0 Å². The van der Waals surface area contributed by atoms with Crippen LogP contribution in [0.3, 0.4) is 0 Å². The van der Waals surface area contributed by atoms with Gasteiger partial charge < -0.3 is 0 Å². The number of benzene rings is 1. The van der Waals surface area contributed by atoms with E-state index in [1.807, 2.05) is 6.92 Å². The highest BCUT2D eigenvalue weighted by molar-refractivity contribution is 5.99. The van der Waals surface area contributed by atoms with Gasteiger partial charge in [0.15, 0.2) is 5.78 Å². The molecule has 0 N–H and O–H groups in total. The number of rotatable bonds is 3. The second kappa shape index (κ2) is 5.41. The third-order valence-corrected chi connectivity index (χ3v) is 3.99. The average molecular weight is 263 g/mol. The Balaban J connectivity index is 2.08. The molecule has 1 unspecified atom stereocenters. The van der Waals surface area contributed by atoms with Gasteiger partial charge in [-0.1, -0.05) is 13.8 Å². The average Bonchev–Trinajstić information content (AvgIpc) is 2.37. The smallest absolute Gasteiger partial charge is 0.179 e.